The molecule has 0 radical (unpaired) electrons. The van der Waals surface area contributed by atoms with Gasteiger partial charge in [0.15, 0.2) is 0 Å². The molecule has 0 unspecified atom stereocenters. The number of piperidine rings is 1. The highest BCUT2D eigenvalue weighted by Crippen LogP contribution is 2.38. The first-order valence-electron chi connectivity index (χ1n) is 9.97. The molecule has 1 N–H and O–H groups in total. The van der Waals surface area contributed by atoms with Crippen molar-refractivity contribution in [3.05, 3.63) is 58.5 Å². The normalized spacial score (nSPS) is 19.0. The van der Waals surface area contributed by atoms with Gasteiger partial charge in [-0.05, 0) is 56.8 Å². The maximum atomic E-state index is 12.3. The number of aromatic amines is 1. The maximum absolute atomic E-state index is 12.3. The molecule has 5 rings (SSSR count). The highest BCUT2D eigenvalue weighted by Gasteiger charge is 2.26. The number of nitrogens with zero attached hydrogens (tertiary/aromatic N) is 4. The Labute approximate surface area is 158 Å². The molecule has 1 saturated carbocycles. The molecule has 0 atom stereocenters. The molecule has 2 aliphatic rings. The van der Waals surface area contributed by atoms with Crippen LogP contribution in [0.4, 0.5) is 0 Å². The molecule has 2 aromatic heterocycles. The molecule has 3 heterocycles. The predicted octanol–water partition coefficient (Wildman–Crippen LogP) is 2.91. The van der Waals surface area contributed by atoms with E-state index in [1.165, 1.54) is 12.8 Å². The van der Waals surface area contributed by atoms with Crippen molar-refractivity contribution in [2.24, 2.45) is 5.92 Å². The van der Waals surface area contributed by atoms with Crippen LogP contribution < -0.4 is 5.56 Å². The number of rotatable bonds is 5. The second-order valence-electron chi connectivity index (χ2n) is 8.00. The number of hydrogen-bond acceptors (Lipinski definition) is 4. The Hall–Kier alpha value is -2.47. The predicted molar refractivity (Wildman–Crippen MR) is 105 cm³/mol. The maximum Gasteiger partial charge on any atom is 0.253 e. The van der Waals surface area contributed by atoms with Gasteiger partial charge in [0, 0.05) is 18.5 Å². The largest absolute Gasteiger partial charge is 0.341 e. The fourth-order valence-electron chi connectivity index (χ4n) is 4.08. The second kappa shape index (κ2) is 6.93. The van der Waals surface area contributed by atoms with Crippen molar-refractivity contribution < 1.29 is 0 Å². The van der Waals surface area contributed by atoms with Gasteiger partial charge < -0.3 is 4.98 Å². The first kappa shape index (κ1) is 16.7. The van der Waals surface area contributed by atoms with Crippen molar-refractivity contribution in [1.29, 1.82) is 0 Å². The summed E-state index contributed by atoms with van der Waals surface area (Å²) in [5.74, 6) is 2.11. The van der Waals surface area contributed by atoms with E-state index in [2.05, 4.69) is 25.9 Å². The number of imidazole rings is 1. The van der Waals surface area contributed by atoms with Crippen LogP contribution in [0.3, 0.4) is 0 Å². The minimum Gasteiger partial charge on any atom is -0.341 e. The molecular weight excluding hydrogens is 338 g/mol. The first-order chi connectivity index (χ1) is 13.2. The van der Waals surface area contributed by atoms with Crippen LogP contribution in [0.15, 0.2) is 41.5 Å². The lowest BCUT2D eigenvalue weighted by Gasteiger charge is -2.31. The minimum absolute atomic E-state index is 0.108. The zero-order valence-electron chi connectivity index (χ0n) is 15.5. The van der Waals surface area contributed by atoms with Gasteiger partial charge in [-0.2, -0.15) is 0 Å². The van der Waals surface area contributed by atoms with Gasteiger partial charge in [-0.1, -0.05) is 12.1 Å². The van der Waals surface area contributed by atoms with Gasteiger partial charge in [0.25, 0.3) is 5.56 Å². The van der Waals surface area contributed by atoms with Gasteiger partial charge in [-0.15, -0.1) is 0 Å². The molecule has 6 nitrogen and oxygen atoms in total. The van der Waals surface area contributed by atoms with E-state index in [0.717, 1.165) is 61.6 Å². The zero-order chi connectivity index (χ0) is 18.2. The molecule has 1 saturated heterocycles. The summed E-state index contributed by atoms with van der Waals surface area (Å²) in [6.07, 6.45) is 6.34. The highest BCUT2D eigenvalue weighted by atomic mass is 16.1. The molecule has 27 heavy (non-hydrogen) atoms. The standard InChI is InChI=1S/C21H25N5O/c27-21-11-19(16-5-6-16)22-14-26(21)12-15-7-9-25(10-8-15)13-20-23-17-3-1-2-4-18(17)24-20/h1-4,11,14-16H,5-10,12-13H2,(H,23,24). The van der Waals surface area contributed by atoms with Crippen LogP contribution in [-0.2, 0) is 13.1 Å². The lowest BCUT2D eigenvalue weighted by molar-refractivity contribution is 0.163. The van der Waals surface area contributed by atoms with Gasteiger partial charge in [0.1, 0.15) is 5.82 Å². The summed E-state index contributed by atoms with van der Waals surface area (Å²) < 4.78 is 1.80. The molecule has 6 heteroatoms. The number of para-hydroxylation sites is 2. The van der Waals surface area contributed by atoms with Gasteiger partial charge in [0.2, 0.25) is 0 Å². The Bertz CT molecular complexity index is 962. The summed E-state index contributed by atoms with van der Waals surface area (Å²) in [5.41, 5.74) is 3.22. The lowest BCUT2D eigenvalue weighted by atomic mass is 9.96. The van der Waals surface area contributed by atoms with Crippen LogP contribution in [0.2, 0.25) is 0 Å². The number of aromatic nitrogens is 4. The fourth-order valence-corrected chi connectivity index (χ4v) is 4.08. The van der Waals surface area contributed by atoms with E-state index >= 15 is 0 Å². The van der Waals surface area contributed by atoms with E-state index in [0.29, 0.717) is 11.8 Å². The number of benzene rings is 1. The Morgan fingerprint density at radius 3 is 2.67 bits per heavy atom. The fraction of sp³-hybridized carbons (Fsp3) is 0.476. The third kappa shape index (κ3) is 3.67. The summed E-state index contributed by atoms with van der Waals surface area (Å²) in [6.45, 7) is 3.74. The average Bonchev–Trinajstić information content (AvgIpc) is 3.45. The Morgan fingerprint density at radius 1 is 1.11 bits per heavy atom. The Kier molecular flexibility index (Phi) is 4.28. The number of nitrogens with one attached hydrogen (secondary N) is 1. The van der Waals surface area contributed by atoms with Crippen molar-refractivity contribution in [2.45, 2.75) is 44.7 Å². The van der Waals surface area contributed by atoms with Crippen LogP contribution in [0, 0.1) is 5.92 Å². The molecule has 1 aliphatic carbocycles. The second-order valence-corrected chi connectivity index (χ2v) is 8.00. The van der Waals surface area contributed by atoms with Gasteiger partial charge >= 0.3 is 0 Å². The molecule has 0 spiro atoms. The Morgan fingerprint density at radius 2 is 1.93 bits per heavy atom. The van der Waals surface area contributed by atoms with E-state index in [-0.39, 0.29) is 5.56 Å². The van der Waals surface area contributed by atoms with Crippen LogP contribution in [-0.4, -0.2) is 37.5 Å². The smallest absolute Gasteiger partial charge is 0.253 e. The van der Waals surface area contributed by atoms with Gasteiger partial charge in [0.05, 0.1) is 29.6 Å². The van der Waals surface area contributed by atoms with Crippen LogP contribution in [0.5, 0.6) is 0 Å². The SMILES string of the molecule is O=c1cc(C2CC2)ncn1CC1CCN(Cc2nc3ccccc3[nH]2)CC1. The molecule has 0 bridgehead atoms. The quantitative estimate of drug-likeness (QED) is 0.757. The van der Waals surface area contributed by atoms with Crippen molar-refractivity contribution in [1.82, 2.24) is 24.4 Å². The zero-order valence-corrected chi connectivity index (χ0v) is 15.5. The van der Waals surface area contributed by atoms with E-state index < -0.39 is 0 Å². The summed E-state index contributed by atoms with van der Waals surface area (Å²) in [5, 5.41) is 0. The topological polar surface area (TPSA) is 66.8 Å². The summed E-state index contributed by atoms with van der Waals surface area (Å²) >= 11 is 0. The highest BCUT2D eigenvalue weighted by molar-refractivity contribution is 5.74. The first-order valence-corrected chi connectivity index (χ1v) is 9.97. The van der Waals surface area contributed by atoms with Crippen LogP contribution in [0.1, 0.15) is 43.1 Å². The van der Waals surface area contributed by atoms with Crippen molar-refractivity contribution in [3.63, 3.8) is 0 Å². The third-order valence-corrected chi connectivity index (χ3v) is 5.87. The molecule has 1 aromatic carbocycles. The molecule has 2 fully saturated rings. The number of hydrogen-bond donors (Lipinski definition) is 1. The number of likely N-dealkylation sites (tertiary alicyclic amines) is 1. The Balaban J connectivity index is 1.17. The molecule has 0 amide bonds. The number of fused-ring (bicyclic) bond motifs is 1. The van der Waals surface area contributed by atoms with E-state index in [4.69, 9.17) is 0 Å². The number of H-pyrrole nitrogens is 1. The van der Waals surface area contributed by atoms with Crippen LogP contribution >= 0.6 is 0 Å². The molecule has 140 valence electrons. The average molecular weight is 363 g/mol. The third-order valence-electron chi connectivity index (χ3n) is 5.87. The van der Waals surface area contributed by atoms with Crippen molar-refractivity contribution in [3.8, 4) is 0 Å². The van der Waals surface area contributed by atoms with Crippen molar-refractivity contribution >= 4 is 11.0 Å². The van der Waals surface area contributed by atoms with Crippen LogP contribution in [0.25, 0.3) is 11.0 Å². The summed E-state index contributed by atoms with van der Waals surface area (Å²) in [7, 11) is 0. The van der Waals surface area contributed by atoms with Gasteiger partial charge in [-0.3, -0.25) is 14.3 Å². The molecule has 1 aliphatic heterocycles. The van der Waals surface area contributed by atoms with E-state index in [9.17, 15) is 4.79 Å². The van der Waals surface area contributed by atoms with Gasteiger partial charge in [-0.25, -0.2) is 9.97 Å². The minimum atomic E-state index is 0.108. The summed E-state index contributed by atoms with van der Waals surface area (Å²) in [6, 6.07) is 9.91. The molecular formula is C21H25N5O. The lowest BCUT2D eigenvalue weighted by Crippen LogP contribution is -2.36. The van der Waals surface area contributed by atoms with E-state index in [1.54, 1.807) is 17.0 Å². The van der Waals surface area contributed by atoms with Crippen molar-refractivity contribution in [2.75, 3.05) is 13.1 Å². The van der Waals surface area contributed by atoms with E-state index in [1.807, 2.05) is 18.2 Å². The summed E-state index contributed by atoms with van der Waals surface area (Å²) in [4.78, 5) is 27.4. The molecule has 3 aromatic rings. The monoisotopic (exact) mass is 363 g/mol.